The standard InChI is InChI=1S/C23H40N2O3/c1-6-18-8-9-19(14-18)20(10-11-21(26)7-2)15-24-22(27)25-13-12-23(16-25,28-5)17(3)4/h7,17-20H,2,6,8-16H2,1,3-5H3,(H,24,27). The summed E-state index contributed by atoms with van der Waals surface area (Å²) in [4.78, 5) is 26.4. The molecular formula is C23H40N2O3. The molecule has 4 unspecified atom stereocenters. The third kappa shape index (κ3) is 5.59. The number of amides is 2. The molecule has 0 aromatic heterocycles. The van der Waals surface area contributed by atoms with Gasteiger partial charge in [0.2, 0.25) is 0 Å². The molecule has 5 nitrogen and oxygen atoms in total. The van der Waals surface area contributed by atoms with Gasteiger partial charge in [-0.1, -0.05) is 40.2 Å². The van der Waals surface area contributed by atoms with Crippen molar-refractivity contribution in [3.05, 3.63) is 12.7 Å². The normalized spacial score (nSPS) is 28.5. The van der Waals surface area contributed by atoms with Crippen LogP contribution < -0.4 is 5.32 Å². The van der Waals surface area contributed by atoms with Gasteiger partial charge in [0.05, 0.1) is 12.1 Å². The molecule has 2 fully saturated rings. The van der Waals surface area contributed by atoms with E-state index >= 15 is 0 Å². The van der Waals surface area contributed by atoms with Crippen molar-refractivity contribution in [1.82, 2.24) is 10.2 Å². The van der Waals surface area contributed by atoms with E-state index < -0.39 is 0 Å². The van der Waals surface area contributed by atoms with Crippen molar-refractivity contribution in [1.29, 1.82) is 0 Å². The van der Waals surface area contributed by atoms with Crippen LogP contribution in [0.4, 0.5) is 4.79 Å². The lowest BCUT2D eigenvalue weighted by Crippen LogP contribution is -2.46. The first kappa shape index (κ1) is 22.9. The van der Waals surface area contributed by atoms with E-state index in [9.17, 15) is 9.59 Å². The third-order valence-corrected chi connectivity index (χ3v) is 7.34. The van der Waals surface area contributed by atoms with E-state index in [1.54, 1.807) is 7.11 Å². The number of carbonyl (C=O) groups is 2. The summed E-state index contributed by atoms with van der Waals surface area (Å²) in [6.45, 7) is 12.2. The number of allylic oxidation sites excluding steroid dienone is 1. The van der Waals surface area contributed by atoms with Gasteiger partial charge in [-0.3, -0.25) is 4.79 Å². The summed E-state index contributed by atoms with van der Waals surface area (Å²) >= 11 is 0. The predicted molar refractivity (Wildman–Crippen MR) is 113 cm³/mol. The summed E-state index contributed by atoms with van der Waals surface area (Å²) in [7, 11) is 1.75. The van der Waals surface area contributed by atoms with Crippen molar-refractivity contribution >= 4 is 11.8 Å². The third-order valence-electron chi connectivity index (χ3n) is 7.34. The highest BCUT2D eigenvalue weighted by atomic mass is 16.5. The maximum atomic E-state index is 12.8. The summed E-state index contributed by atoms with van der Waals surface area (Å²) in [6, 6.07) is 0.00432. The molecule has 1 N–H and O–H groups in total. The summed E-state index contributed by atoms with van der Waals surface area (Å²) in [6.07, 6.45) is 8.60. The molecule has 1 aliphatic carbocycles. The Hall–Kier alpha value is -1.36. The molecule has 2 aliphatic rings. The van der Waals surface area contributed by atoms with Gasteiger partial charge in [0.15, 0.2) is 5.78 Å². The van der Waals surface area contributed by atoms with E-state index in [4.69, 9.17) is 4.74 Å². The molecule has 1 aliphatic heterocycles. The zero-order valence-corrected chi connectivity index (χ0v) is 18.3. The first-order valence-electron chi connectivity index (χ1n) is 11.1. The average molecular weight is 393 g/mol. The van der Waals surface area contributed by atoms with Crippen molar-refractivity contribution < 1.29 is 14.3 Å². The van der Waals surface area contributed by atoms with Gasteiger partial charge in [-0.2, -0.15) is 0 Å². The smallest absolute Gasteiger partial charge is 0.317 e. The molecule has 1 saturated carbocycles. The van der Waals surface area contributed by atoms with Crippen LogP contribution >= 0.6 is 0 Å². The number of ketones is 1. The minimum atomic E-state index is -0.229. The molecular weight excluding hydrogens is 352 g/mol. The minimum Gasteiger partial charge on any atom is -0.376 e. The zero-order chi connectivity index (χ0) is 20.7. The number of hydrogen-bond donors (Lipinski definition) is 1. The van der Waals surface area contributed by atoms with Crippen molar-refractivity contribution in [3.63, 3.8) is 0 Å². The van der Waals surface area contributed by atoms with Crippen molar-refractivity contribution in [3.8, 4) is 0 Å². The van der Waals surface area contributed by atoms with E-state index in [-0.39, 0.29) is 17.4 Å². The molecule has 0 spiro atoms. The van der Waals surface area contributed by atoms with Crippen LogP contribution in [-0.4, -0.2) is 49.1 Å². The molecule has 2 rings (SSSR count). The fraction of sp³-hybridized carbons (Fsp3) is 0.826. The monoisotopic (exact) mass is 392 g/mol. The van der Waals surface area contributed by atoms with Crippen LogP contribution in [0.15, 0.2) is 12.7 Å². The molecule has 4 atom stereocenters. The molecule has 5 heteroatoms. The topological polar surface area (TPSA) is 58.6 Å². The molecule has 2 amide bonds. The highest BCUT2D eigenvalue weighted by Crippen LogP contribution is 2.39. The minimum absolute atomic E-state index is 0.00432. The van der Waals surface area contributed by atoms with Gasteiger partial charge in [0.1, 0.15) is 0 Å². The van der Waals surface area contributed by atoms with Crippen molar-refractivity contribution in [2.45, 2.75) is 71.3 Å². The highest BCUT2D eigenvalue weighted by molar-refractivity contribution is 5.88. The summed E-state index contributed by atoms with van der Waals surface area (Å²) < 4.78 is 5.78. The van der Waals surface area contributed by atoms with E-state index in [1.807, 2.05) is 4.90 Å². The Balaban J connectivity index is 1.91. The largest absolute Gasteiger partial charge is 0.376 e. The summed E-state index contributed by atoms with van der Waals surface area (Å²) in [5.74, 6) is 2.24. The maximum absolute atomic E-state index is 12.8. The summed E-state index contributed by atoms with van der Waals surface area (Å²) in [5.41, 5.74) is -0.229. The zero-order valence-electron chi connectivity index (χ0n) is 18.3. The number of likely N-dealkylation sites (tertiary alicyclic amines) is 1. The quantitative estimate of drug-likeness (QED) is 0.560. The Bertz CT molecular complexity index is 548. The van der Waals surface area contributed by atoms with Crippen LogP contribution in [0, 0.1) is 23.7 Å². The van der Waals surface area contributed by atoms with Crippen LogP contribution in [-0.2, 0) is 9.53 Å². The molecule has 0 aromatic carbocycles. The van der Waals surface area contributed by atoms with Gasteiger partial charge in [-0.25, -0.2) is 4.79 Å². The number of nitrogens with one attached hydrogen (secondary N) is 1. The first-order chi connectivity index (χ1) is 13.3. The van der Waals surface area contributed by atoms with Crippen molar-refractivity contribution in [2.75, 3.05) is 26.7 Å². The Kier molecular flexibility index (Phi) is 8.54. The van der Waals surface area contributed by atoms with E-state index in [0.29, 0.717) is 37.3 Å². The molecule has 160 valence electrons. The molecule has 0 aromatic rings. The van der Waals surface area contributed by atoms with Crippen molar-refractivity contribution in [2.24, 2.45) is 23.7 Å². The first-order valence-corrected chi connectivity index (χ1v) is 11.1. The van der Waals surface area contributed by atoms with Gasteiger partial charge in [-0.05, 0) is 55.4 Å². The predicted octanol–water partition coefficient (Wildman–Crippen LogP) is 4.42. The SMILES string of the molecule is C=CC(=O)CCC(CNC(=O)N1CCC(OC)(C(C)C)C1)C1CCC(CC)C1. The number of urea groups is 1. The molecule has 1 heterocycles. The van der Waals surface area contributed by atoms with Crippen LogP contribution in [0.5, 0.6) is 0 Å². The van der Waals surface area contributed by atoms with Gasteiger partial charge in [0.25, 0.3) is 0 Å². The Labute approximate surface area is 171 Å². The van der Waals surface area contributed by atoms with E-state index in [0.717, 1.165) is 25.3 Å². The number of carbonyl (C=O) groups excluding carboxylic acids is 2. The number of nitrogens with zero attached hydrogens (tertiary/aromatic N) is 1. The molecule has 28 heavy (non-hydrogen) atoms. The lowest BCUT2D eigenvalue weighted by atomic mass is 9.85. The molecule has 0 bridgehead atoms. The number of methoxy groups -OCH3 is 1. The van der Waals surface area contributed by atoms with E-state index in [2.05, 4.69) is 32.7 Å². The van der Waals surface area contributed by atoms with Crippen LogP contribution in [0.25, 0.3) is 0 Å². The van der Waals surface area contributed by atoms with Crippen LogP contribution in [0.2, 0.25) is 0 Å². The Morgan fingerprint density at radius 2 is 2.11 bits per heavy atom. The van der Waals surface area contributed by atoms with Gasteiger partial charge in [-0.15, -0.1) is 0 Å². The van der Waals surface area contributed by atoms with Crippen LogP contribution in [0.1, 0.15) is 65.7 Å². The average Bonchev–Trinajstić information content (AvgIpc) is 3.35. The lowest BCUT2D eigenvalue weighted by Gasteiger charge is -2.32. The second kappa shape index (κ2) is 10.4. The Morgan fingerprint density at radius 1 is 1.36 bits per heavy atom. The molecule has 0 radical (unpaired) electrons. The number of rotatable bonds is 10. The fourth-order valence-corrected chi connectivity index (χ4v) is 5.03. The lowest BCUT2D eigenvalue weighted by molar-refractivity contribution is -0.114. The van der Waals surface area contributed by atoms with Gasteiger partial charge < -0.3 is 15.0 Å². The second-order valence-electron chi connectivity index (χ2n) is 9.10. The highest BCUT2D eigenvalue weighted by Gasteiger charge is 2.42. The van der Waals surface area contributed by atoms with Gasteiger partial charge >= 0.3 is 6.03 Å². The summed E-state index contributed by atoms with van der Waals surface area (Å²) in [5, 5.41) is 3.17. The number of hydrogen-bond acceptors (Lipinski definition) is 3. The molecule has 1 saturated heterocycles. The Morgan fingerprint density at radius 3 is 2.64 bits per heavy atom. The van der Waals surface area contributed by atoms with Crippen LogP contribution in [0.3, 0.4) is 0 Å². The van der Waals surface area contributed by atoms with Gasteiger partial charge in [0, 0.05) is 26.6 Å². The maximum Gasteiger partial charge on any atom is 0.317 e. The number of ether oxygens (including phenoxy) is 1. The second-order valence-corrected chi connectivity index (χ2v) is 9.10. The van der Waals surface area contributed by atoms with E-state index in [1.165, 1.54) is 31.8 Å². The fourth-order valence-electron chi connectivity index (χ4n) is 5.03.